The largest absolute Gasteiger partial charge is 0.451 e. The first-order chi connectivity index (χ1) is 14.0. The number of carbonyl (C=O) groups excluding carboxylic acids is 2. The van der Waals surface area contributed by atoms with Gasteiger partial charge in [-0.1, -0.05) is 29.8 Å². The molecule has 0 saturated carbocycles. The fourth-order valence-corrected chi connectivity index (χ4v) is 3.14. The number of nitrogens with zero attached hydrogens (tertiary/aromatic N) is 2. The molecule has 0 aliphatic heterocycles. The molecule has 0 fully saturated rings. The second-order valence-corrected chi connectivity index (χ2v) is 6.98. The van der Waals surface area contributed by atoms with Crippen molar-refractivity contribution in [1.29, 1.82) is 0 Å². The van der Waals surface area contributed by atoms with Crippen molar-refractivity contribution in [2.24, 2.45) is 0 Å². The van der Waals surface area contributed by atoms with Crippen LogP contribution in [0.25, 0.3) is 11.5 Å². The quantitative estimate of drug-likeness (QED) is 0.540. The summed E-state index contributed by atoms with van der Waals surface area (Å²) in [4.78, 5) is 36.1. The third kappa shape index (κ3) is 5.91. The van der Waals surface area contributed by atoms with Crippen LogP contribution < -0.4 is 11.1 Å². The highest BCUT2D eigenvalue weighted by Gasteiger charge is 2.20. The average Bonchev–Trinajstić information content (AvgIpc) is 3.09. The van der Waals surface area contributed by atoms with E-state index in [-0.39, 0.29) is 11.8 Å². The number of aromatic nitrogens is 2. The lowest BCUT2D eigenvalue weighted by Crippen LogP contribution is -2.37. The Morgan fingerprint density at radius 2 is 2.07 bits per heavy atom. The van der Waals surface area contributed by atoms with Gasteiger partial charge < -0.3 is 14.5 Å². The zero-order valence-corrected chi connectivity index (χ0v) is 16.4. The van der Waals surface area contributed by atoms with Crippen LogP contribution in [0.1, 0.15) is 39.0 Å². The van der Waals surface area contributed by atoms with E-state index in [1.807, 2.05) is 6.07 Å². The van der Waals surface area contributed by atoms with Crippen LogP contribution >= 0.6 is 0 Å². The van der Waals surface area contributed by atoms with E-state index in [1.165, 1.54) is 25.3 Å². The van der Waals surface area contributed by atoms with Crippen LogP contribution in [0.4, 0.5) is 0 Å². The van der Waals surface area contributed by atoms with Gasteiger partial charge in [0.1, 0.15) is 6.54 Å². The molecule has 1 aromatic heterocycles. The first-order valence-electron chi connectivity index (χ1n) is 9.81. The predicted octanol–water partition coefficient (Wildman–Crippen LogP) is 2.44. The van der Waals surface area contributed by atoms with Crippen molar-refractivity contribution in [3.05, 3.63) is 52.5 Å². The highest BCUT2D eigenvalue weighted by atomic mass is 16.5. The lowest BCUT2D eigenvalue weighted by molar-refractivity contribution is -0.155. The Labute approximate surface area is 168 Å². The van der Waals surface area contributed by atoms with Crippen LogP contribution in [0.3, 0.4) is 0 Å². The fraction of sp³-hybridized carbons (Fsp3) is 0.429. The normalized spacial score (nSPS) is 14.7. The molecule has 8 heteroatoms. The highest BCUT2D eigenvalue weighted by molar-refractivity contribution is 5.83. The summed E-state index contributed by atoms with van der Waals surface area (Å²) in [6.07, 6.45) is 6.69. The summed E-state index contributed by atoms with van der Waals surface area (Å²) in [6.45, 7) is 1.57. The number of esters is 1. The SMILES string of the molecule is C[C@H](OC(=O)Cn1nc(-c2ccccc2)oc1=O)C(=O)NCCC1=CCCCC1. The minimum Gasteiger partial charge on any atom is -0.451 e. The van der Waals surface area contributed by atoms with Gasteiger partial charge >= 0.3 is 11.7 Å². The second-order valence-electron chi connectivity index (χ2n) is 6.98. The lowest BCUT2D eigenvalue weighted by atomic mass is 9.97. The summed E-state index contributed by atoms with van der Waals surface area (Å²) in [6, 6.07) is 8.88. The number of hydrogen-bond donors (Lipinski definition) is 1. The number of ether oxygens (including phenoxy) is 1. The van der Waals surface area contributed by atoms with Crippen LogP contribution in [-0.2, 0) is 20.9 Å². The molecule has 8 nitrogen and oxygen atoms in total. The van der Waals surface area contributed by atoms with Gasteiger partial charge in [0.05, 0.1) is 0 Å². The predicted molar refractivity (Wildman–Crippen MR) is 106 cm³/mol. The Balaban J connectivity index is 1.47. The molecule has 2 aromatic rings. The van der Waals surface area contributed by atoms with E-state index < -0.39 is 24.4 Å². The molecule has 0 spiro atoms. The Morgan fingerprint density at radius 3 is 2.79 bits per heavy atom. The zero-order valence-electron chi connectivity index (χ0n) is 16.4. The molecular weight excluding hydrogens is 374 g/mol. The van der Waals surface area contributed by atoms with Gasteiger partial charge in [-0.3, -0.25) is 9.59 Å². The van der Waals surface area contributed by atoms with Gasteiger partial charge in [-0.25, -0.2) is 4.79 Å². The van der Waals surface area contributed by atoms with E-state index >= 15 is 0 Å². The van der Waals surface area contributed by atoms with Crippen molar-refractivity contribution >= 4 is 11.9 Å². The summed E-state index contributed by atoms with van der Waals surface area (Å²) in [5.74, 6) is -1.75. The van der Waals surface area contributed by atoms with Crippen molar-refractivity contribution < 1.29 is 18.7 Å². The Morgan fingerprint density at radius 1 is 1.28 bits per heavy atom. The minimum absolute atomic E-state index is 0.117. The van der Waals surface area contributed by atoms with Gasteiger partial charge in [0.15, 0.2) is 6.10 Å². The molecule has 1 atom stereocenters. The lowest BCUT2D eigenvalue weighted by Gasteiger charge is -2.15. The smallest absolute Gasteiger partial charge is 0.437 e. The number of carbonyl (C=O) groups is 2. The molecule has 0 bridgehead atoms. The number of rotatable bonds is 8. The molecule has 1 heterocycles. The molecule has 1 N–H and O–H groups in total. The number of nitrogens with one attached hydrogen (secondary N) is 1. The van der Waals surface area contributed by atoms with Crippen LogP contribution in [0, 0.1) is 0 Å². The van der Waals surface area contributed by atoms with Crippen molar-refractivity contribution in [1.82, 2.24) is 15.1 Å². The Bertz CT molecular complexity index is 929. The number of allylic oxidation sites excluding steroid dienone is 1. The summed E-state index contributed by atoms with van der Waals surface area (Å²) in [7, 11) is 0. The summed E-state index contributed by atoms with van der Waals surface area (Å²) in [5.41, 5.74) is 1.98. The van der Waals surface area contributed by atoms with Gasteiger partial charge in [0.25, 0.3) is 5.91 Å². The van der Waals surface area contributed by atoms with Crippen molar-refractivity contribution in [2.75, 3.05) is 6.54 Å². The Hall–Kier alpha value is -3.16. The van der Waals surface area contributed by atoms with Gasteiger partial charge in [0.2, 0.25) is 5.89 Å². The molecule has 1 aromatic carbocycles. The monoisotopic (exact) mass is 399 g/mol. The molecular formula is C21H25N3O5. The Kier molecular flexibility index (Phi) is 6.99. The molecule has 1 aliphatic rings. The van der Waals surface area contributed by atoms with Gasteiger partial charge in [-0.15, -0.1) is 5.10 Å². The van der Waals surface area contributed by atoms with E-state index in [0.29, 0.717) is 12.1 Å². The molecule has 29 heavy (non-hydrogen) atoms. The summed E-state index contributed by atoms with van der Waals surface area (Å²) < 4.78 is 11.1. The van der Waals surface area contributed by atoms with Crippen molar-refractivity contribution in [3.63, 3.8) is 0 Å². The van der Waals surface area contributed by atoms with E-state index in [9.17, 15) is 14.4 Å². The third-order valence-corrected chi connectivity index (χ3v) is 4.71. The van der Waals surface area contributed by atoms with Gasteiger partial charge in [-0.2, -0.15) is 4.68 Å². The summed E-state index contributed by atoms with van der Waals surface area (Å²) in [5, 5.41) is 6.78. The first kappa shape index (κ1) is 20.6. The third-order valence-electron chi connectivity index (χ3n) is 4.71. The maximum Gasteiger partial charge on any atom is 0.437 e. The highest BCUT2D eigenvalue weighted by Crippen LogP contribution is 2.19. The van der Waals surface area contributed by atoms with Crippen molar-refractivity contribution in [2.45, 2.75) is 51.7 Å². The molecule has 1 amide bonds. The molecule has 154 valence electrons. The zero-order chi connectivity index (χ0) is 20.6. The molecule has 1 aliphatic carbocycles. The standard InChI is InChI=1S/C21H25N3O5/c1-15(19(26)22-13-12-16-8-4-2-5-9-16)28-18(25)14-24-21(27)29-20(23-24)17-10-6-3-7-11-17/h3,6-8,10-11,15H,2,4-5,9,12-14H2,1H3,(H,22,26)/t15-/m0/s1. The van der Waals surface area contributed by atoms with Crippen LogP contribution in [0.2, 0.25) is 0 Å². The number of hydrogen-bond acceptors (Lipinski definition) is 6. The molecule has 3 rings (SSSR count). The maximum atomic E-state index is 12.1. The molecule has 0 unspecified atom stereocenters. The van der Waals surface area contributed by atoms with Crippen molar-refractivity contribution in [3.8, 4) is 11.5 Å². The number of benzene rings is 1. The van der Waals surface area contributed by atoms with Crippen LogP contribution in [0.5, 0.6) is 0 Å². The first-order valence-corrected chi connectivity index (χ1v) is 9.81. The molecule has 0 radical (unpaired) electrons. The van der Waals surface area contributed by atoms with E-state index in [2.05, 4.69) is 16.5 Å². The average molecular weight is 399 g/mol. The van der Waals surface area contributed by atoms with E-state index in [1.54, 1.807) is 24.3 Å². The fourth-order valence-electron chi connectivity index (χ4n) is 3.14. The second kappa shape index (κ2) is 9.86. The number of amides is 1. The van der Waals surface area contributed by atoms with Gasteiger partial charge in [0, 0.05) is 12.1 Å². The van der Waals surface area contributed by atoms with Crippen LogP contribution in [-0.4, -0.2) is 34.3 Å². The van der Waals surface area contributed by atoms with Crippen LogP contribution in [0.15, 0.2) is 51.2 Å². The van der Waals surface area contributed by atoms with E-state index in [0.717, 1.165) is 23.9 Å². The molecule has 0 saturated heterocycles. The summed E-state index contributed by atoms with van der Waals surface area (Å²) >= 11 is 0. The minimum atomic E-state index is -0.959. The maximum absolute atomic E-state index is 12.1. The van der Waals surface area contributed by atoms with Gasteiger partial charge in [-0.05, 0) is 51.2 Å². The topological polar surface area (TPSA) is 103 Å². The van der Waals surface area contributed by atoms with E-state index in [4.69, 9.17) is 9.15 Å².